The van der Waals surface area contributed by atoms with Crippen molar-refractivity contribution in [1.29, 1.82) is 0 Å². The molecule has 0 N–H and O–H groups in total. The predicted molar refractivity (Wildman–Crippen MR) is 99.4 cm³/mol. The van der Waals surface area contributed by atoms with Crippen LogP contribution in [-0.2, 0) is 0 Å². The molecular formula is C20H33N3. The van der Waals surface area contributed by atoms with Crippen molar-refractivity contribution in [2.24, 2.45) is 5.92 Å². The number of hydrogen-bond donors (Lipinski definition) is 0. The lowest BCUT2D eigenvalue weighted by Gasteiger charge is -2.38. The summed E-state index contributed by atoms with van der Waals surface area (Å²) in [7, 11) is 0. The Labute approximate surface area is 142 Å². The molecule has 2 aliphatic heterocycles. The van der Waals surface area contributed by atoms with Crippen LogP contribution in [0.2, 0.25) is 0 Å². The normalized spacial score (nSPS) is 23.9. The molecule has 0 aliphatic carbocycles. The molecule has 1 aromatic carbocycles. The van der Waals surface area contributed by atoms with E-state index in [2.05, 4.69) is 60.6 Å². The van der Waals surface area contributed by atoms with Gasteiger partial charge in [-0.15, -0.1) is 0 Å². The number of hydrogen-bond acceptors (Lipinski definition) is 3. The number of likely N-dealkylation sites (tertiary alicyclic amines) is 1. The van der Waals surface area contributed by atoms with Gasteiger partial charge in [0.1, 0.15) is 0 Å². The Morgan fingerprint density at radius 3 is 2.43 bits per heavy atom. The van der Waals surface area contributed by atoms with Gasteiger partial charge in [-0.05, 0) is 63.8 Å². The van der Waals surface area contributed by atoms with E-state index in [9.17, 15) is 0 Å². The lowest BCUT2D eigenvalue weighted by molar-refractivity contribution is 0.206. The summed E-state index contributed by atoms with van der Waals surface area (Å²) in [6.07, 6.45) is 1.38. The van der Waals surface area contributed by atoms with Gasteiger partial charge in [0, 0.05) is 51.0 Å². The molecule has 0 saturated carbocycles. The molecule has 0 amide bonds. The van der Waals surface area contributed by atoms with E-state index in [-0.39, 0.29) is 0 Å². The number of piperazine rings is 1. The third-order valence-electron chi connectivity index (χ3n) is 5.85. The summed E-state index contributed by atoms with van der Waals surface area (Å²) in [6.45, 7) is 17.8. The molecule has 3 nitrogen and oxygen atoms in total. The van der Waals surface area contributed by atoms with Crippen molar-refractivity contribution in [2.75, 3.05) is 50.7 Å². The molecule has 2 fully saturated rings. The van der Waals surface area contributed by atoms with Crippen molar-refractivity contribution < 1.29 is 0 Å². The van der Waals surface area contributed by atoms with E-state index in [0.717, 1.165) is 5.92 Å². The van der Waals surface area contributed by atoms with Crippen LogP contribution in [0.1, 0.15) is 31.4 Å². The Hall–Kier alpha value is -1.06. The van der Waals surface area contributed by atoms with E-state index in [1.54, 1.807) is 0 Å². The quantitative estimate of drug-likeness (QED) is 0.845. The van der Waals surface area contributed by atoms with Gasteiger partial charge in [-0.25, -0.2) is 0 Å². The predicted octanol–water partition coefficient (Wildman–Crippen LogP) is 3.16. The van der Waals surface area contributed by atoms with Crippen LogP contribution in [0.15, 0.2) is 18.2 Å². The minimum absolute atomic E-state index is 0.709. The largest absolute Gasteiger partial charge is 0.369 e. The van der Waals surface area contributed by atoms with Gasteiger partial charge in [0.05, 0.1) is 0 Å². The lowest BCUT2D eigenvalue weighted by atomic mass is 10.1. The van der Waals surface area contributed by atoms with Crippen LogP contribution in [0.5, 0.6) is 0 Å². The van der Waals surface area contributed by atoms with Crippen LogP contribution in [0.3, 0.4) is 0 Å². The lowest BCUT2D eigenvalue weighted by Crippen LogP contribution is -2.48. The first-order valence-corrected chi connectivity index (χ1v) is 9.32. The molecule has 0 spiro atoms. The zero-order valence-electron chi connectivity index (χ0n) is 15.4. The van der Waals surface area contributed by atoms with E-state index in [1.165, 1.54) is 69.0 Å². The molecule has 2 saturated heterocycles. The maximum Gasteiger partial charge on any atom is 0.0399 e. The first-order chi connectivity index (χ1) is 11.0. The molecule has 1 aromatic rings. The number of aryl methyl sites for hydroxylation is 1. The molecule has 2 heterocycles. The molecule has 3 rings (SSSR count). The second-order valence-electron chi connectivity index (χ2n) is 7.75. The van der Waals surface area contributed by atoms with Gasteiger partial charge in [0.15, 0.2) is 0 Å². The third kappa shape index (κ3) is 3.89. The van der Waals surface area contributed by atoms with E-state index >= 15 is 0 Å². The fraction of sp³-hybridized carbons (Fsp3) is 0.700. The molecule has 128 valence electrons. The number of rotatable bonds is 4. The van der Waals surface area contributed by atoms with Crippen LogP contribution in [0, 0.1) is 19.8 Å². The Morgan fingerprint density at radius 1 is 1.04 bits per heavy atom. The summed E-state index contributed by atoms with van der Waals surface area (Å²) >= 11 is 0. The van der Waals surface area contributed by atoms with E-state index in [4.69, 9.17) is 0 Å². The highest BCUT2D eigenvalue weighted by Gasteiger charge is 2.27. The van der Waals surface area contributed by atoms with Crippen molar-refractivity contribution >= 4 is 5.69 Å². The summed E-state index contributed by atoms with van der Waals surface area (Å²) < 4.78 is 0. The average Bonchev–Trinajstić information content (AvgIpc) is 3.00. The van der Waals surface area contributed by atoms with Gasteiger partial charge in [-0.2, -0.15) is 0 Å². The van der Waals surface area contributed by atoms with E-state index in [0.29, 0.717) is 6.04 Å². The minimum Gasteiger partial charge on any atom is -0.369 e. The van der Waals surface area contributed by atoms with Crippen molar-refractivity contribution in [3.8, 4) is 0 Å². The van der Waals surface area contributed by atoms with Crippen molar-refractivity contribution in [3.63, 3.8) is 0 Å². The number of benzene rings is 1. The van der Waals surface area contributed by atoms with Gasteiger partial charge < -0.3 is 9.80 Å². The van der Waals surface area contributed by atoms with Crippen LogP contribution in [-0.4, -0.2) is 61.7 Å². The van der Waals surface area contributed by atoms with Crippen LogP contribution < -0.4 is 4.90 Å². The van der Waals surface area contributed by atoms with Gasteiger partial charge in [-0.3, -0.25) is 4.90 Å². The summed E-state index contributed by atoms with van der Waals surface area (Å²) in [5.74, 6) is 0.879. The highest BCUT2D eigenvalue weighted by atomic mass is 15.3. The molecule has 1 unspecified atom stereocenters. The smallest absolute Gasteiger partial charge is 0.0399 e. The zero-order chi connectivity index (χ0) is 16.4. The van der Waals surface area contributed by atoms with E-state index in [1.807, 2.05) is 0 Å². The summed E-state index contributed by atoms with van der Waals surface area (Å²) in [5.41, 5.74) is 4.30. The second-order valence-corrected chi connectivity index (χ2v) is 7.75. The molecule has 23 heavy (non-hydrogen) atoms. The van der Waals surface area contributed by atoms with Gasteiger partial charge in [-0.1, -0.05) is 12.1 Å². The summed E-state index contributed by atoms with van der Waals surface area (Å²) in [4.78, 5) is 7.90. The van der Waals surface area contributed by atoms with Crippen LogP contribution >= 0.6 is 0 Å². The monoisotopic (exact) mass is 315 g/mol. The SMILES string of the molecule is Cc1cccc(N2CCN(CC3CCN(C(C)C)C3)CC2)c1C. The fourth-order valence-corrected chi connectivity index (χ4v) is 4.10. The average molecular weight is 316 g/mol. The first-order valence-electron chi connectivity index (χ1n) is 9.32. The Morgan fingerprint density at radius 2 is 1.78 bits per heavy atom. The zero-order valence-corrected chi connectivity index (χ0v) is 15.4. The Bertz CT molecular complexity index is 518. The molecule has 0 aromatic heterocycles. The maximum absolute atomic E-state index is 2.69. The molecule has 2 aliphatic rings. The molecule has 1 atom stereocenters. The van der Waals surface area contributed by atoms with Crippen molar-refractivity contribution in [1.82, 2.24) is 9.80 Å². The number of anilines is 1. The highest BCUT2D eigenvalue weighted by molar-refractivity contribution is 5.56. The minimum atomic E-state index is 0.709. The van der Waals surface area contributed by atoms with Gasteiger partial charge >= 0.3 is 0 Å². The Balaban J connectivity index is 1.50. The molecule has 0 bridgehead atoms. The maximum atomic E-state index is 2.69. The second kappa shape index (κ2) is 7.23. The van der Waals surface area contributed by atoms with Crippen molar-refractivity contribution in [2.45, 2.75) is 40.2 Å². The van der Waals surface area contributed by atoms with Crippen LogP contribution in [0.4, 0.5) is 5.69 Å². The summed E-state index contributed by atoms with van der Waals surface area (Å²) in [5, 5.41) is 0. The fourth-order valence-electron chi connectivity index (χ4n) is 4.10. The Kier molecular flexibility index (Phi) is 5.27. The highest BCUT2D eigenvalue weighted by Crippen LogP contribution is 2.25. The van der Waals surface area contributed by atoms with E-state index < -0.39 is 0 Å². The molecule has 0 radical (unpaired) electrons. The van der Waals surface area contributed by atoms with Crippen molar-refractivity contribution in [3.05, 3.63) is 29.3 Å². The standard InChI is InChI=1S/C20H33N3/c1-16(2)23-9-8-19(15-23)14-21-10-12-22(13-11-21)20-7-5-6-17(3)18(20)4/h5-7,16,19H,8-15H2,1-4H3. The summed E-state index contributed by atoms with van der Waals surface area (Å²) in [6, 6.07) is 7.41. The molecule has 3 heteroatoms. The third-order valence-corrected chi connectivity index (χ3v) is 5.85. The van der Waals surface area contributed by atoms with Gasteiger partial charge in [0.25, 0.3) is 0 Å². The van der Waals surface area contributed by atoms with Gasteiger partial charge in [0.2, 0.25) is 0 Å². The topological polar surface area (TPSA) is 9.72 Å². The first kappa shape index (κ1) is 16.8. The molecular weight excluding hydrogens is 282 g/mol. The van der Waals surface area contributed by atoms with Crippen LogP contribution in [0.25, 0.3) is 0 Å². The number of nitrogens with zero attached hydrogens (tertiary/aromatic N) is 3.